The van der Waals surface area contributed by atoms with E-state index in [2.05, 4.69) is 13.8 Å². The highest BCUT2D eigenvalue weighted by molar-refractivity contribution is 5.77. The van der Waals surface area contributed by atoms with E-state index in [1.54, 1.807) is 12.5 Å². The second kappa shape index (κ2) is 6.71. The van der Waals surface area contributed by atoms with E-state index in [9.17, 15) is 9.59 Å². The van der Waals surface area contributed by atoms with Gasteiger partial charge in [-0.3, -0.25) is 9.59 Å². The number of furan rings is 1. The van der Waals surface area contributed by atoms with Gasteiger partial charge in [-0.15, -0.1) is 0 Å². The summed E-state index contributed by atoms with van der Waals surface area (Å²) in [5.41, 5.74) is 0.181. The summed E-state index contributed by atoms with van der Waals surface area (Å²) in [6.45, 7) is 8.07. The first-order valence-corrected chi connectivity index (χ1v) is 11.0. The average molecular weight is 414 g/mol. The van der Waals surface area contributed by atoms with E-state index < -0.39 is 0 Å². The Morgan fingerprint density at radius 3 is 2.83 bits per heavy atom. The zero-order chi connectivity index (χ0) is 21.3. The van der Waals surface area contributed by atoms with Gasteiger partial charge in [0.25, 0.3) is 0 Å². The number of epoxide rings is 1. The number of allylic oxidation sites excluding steroid dienone is 1. The first-order chi connectivity index (χ1) is 14.3. The van der Waals surface area contributed by atoms with Crippen molar-refractivity contribution < 1.29 is 28.2 Å². The van der Waals surface area contributed by atoms with E-state index in [1.807, 2.05) is 32.1 Å². The molecule has 2 aliphatic carbocycles. The summed E-state index contributed by atoms with van der Waals surface area (Å²) in [5.74, 6) is -0.861. The molecule has 0 aromatic carbocycles. The Hall–Kier alpha value is -2.08. The molecule has 3 heterocycles. The van der Waals surface area contributed by atoms with Crippen molar-refractivity contribution in [2.24, 2.45) is 29.1 Å². The van der Waals surface area contributed by atoms with Crippen molar-refractivity contribution in [1.29, 1.82) is 0 Å². The number of cyclic esters (lactones) is 1. The number of hydrogen-bond donors (Lipinski definition) is 0. The predicted molar refractivity (Wildman–Crippen MR) is 107 cm³/mol. The van der Waals surface area contributed by atoms with Crippen molar-refractivity contribution in [2.75, 3.05) is 0 Å². The van der Waals surface area contributed by atoms with Crippen LogP contribution in [0.5, 0.6) is 0 Å². The summed E-state index contributed by atoms with van der Waals surface area (Å²) in [7, 11) is 0. The van der Waals surface area contributed by atoms with Crippen LogP contribution in [0.15, 0.2) is 35.2 Å². The van der Waals surface area contributed by atoms with Crippen molar-refractivity contribution in [3.63, 3.8) is 0 Å². The summed E-state index contributed by atoms with van der Waals surface area (Å²) in [4.78, 5) is 25.7. The predicted octanol–water partition coefficient (Wildman–Crippen LogP) is 4.21. The SMILES string of the molecule is CC=CC(C)C(=O)OC1CC2C(=O)OC(c3ccoc3)C2C2CCC3OC3(C)C12C. The molecule has 2 saturated carbocycles. The summed E-state index contributed by atoms with van der Waals surface area (Å²) in [6, 6.07) is 1.88. The minimum atomic E-state index is -0.380. The number of esters is 2. The lowest BCUT2D eigenvalue weighted by atomic mass is 9.48. The van der Waals surface area contributed by atoms with Gasteiger partial charge in [0.05, 0.1) is 30.5 Å². The normalized spacial score (nSPS) is 45.3. The maximum Gasteiger partial charge on any atom is 0.312 e. The molecule has 9 unspecified atom stereocenters. The van der Waals surface area contributed by atoms with Gasteiger partial charge in [-0.1, -0.05) is 19.1 Å². The monoisotopic (exact) mass is 414 g/mol. The summed E-state index contributed by atoms with van der Waals surface area (Å²) in [6.07, 6.45) is 8.85. The Morgan fingerprint density at radius 2 is 2.13 bits per heavy atom. The molecule has 30 heavy (non-hydrogen) atoms. The molecule has 5 rings (SSSR count). The van der Waals surface area contributed by atoms with Crippen LogP contribution in [-0.4, -0.2) is 29.7 Å². The number of carbonyl (C=O) groups is 2. The van der Waals surface area contributed by atoms with Crippen LogP contribution >= 0.6 is 0 Å². The zero-order valence-corrected chi connectivity index (χ0v) is 18.0. The molecule has 0 amide bonds. The minimum Gasteiger partial charge on any atom is -0.472 e. The van der Waals surface area contributed by atoms with Gasteiger partial charge in [-0.05, 0) is 52.0 Å². The van der Waals surface area contributed by atoms with Gasteiger partial charge >= 0.3 is 11.9 Å². The fourth-order valence-electron chi connectivity index (χ4n) is 6.61. The topological polar surface area (TPSA) is 78.3 Å². The molecule has 0 N–H and O–H groups in total. The highest BCUT2D eigenvalue weighted by Gasteiger charge is 2.76. The summed E-state index contributed by atoms with van der Waals surface area (Å²) < 4.78 is 23.5. The molecular weight excluding hydrogens is 384 g/mol. The fourth-order valence-corrected chi connectivity index (χ4v) is 6.61. The van der Waals surface area contributed by atoms with E-state index >= 15 is 0 Å². The number of fused-ring (bicyclic) bond motifs is 5. The lowest BCUT2D eigenvalue weighted by molar-refractivity contribution is -0.185. The third kappa shape index (κ3) is 2.58. The van der Waals surface area contributed by atoms with Crippen molar-refractivity contribution in [3.05, 3.63) is 36.3 Å². The Kier molecular flexibility index (Phi) is 4.44. The van der Waals surface area contributed by atoms with E-state index in [0.717, 1.165) is 18.4 Å². The third-order valence-corrected chi connectivity index (χ3v) is 8.47. The van der Waals surface area contributed by atoms with E-state index in [0.29, 0.717) is 6.42 Å². The number of ether oxygens (including phenoxy) is 3. The molecule has 0 bridgehead atoms. The maximum absolute atomic E-state index is 12.9. The lowest BCUT2D eigenvalue weighted by Gasteiger charge is -2.55. The number of hydrogen-bond acceptors (Lipinski definition) is 6. The highest BCUT2D eigenvalue weighted by Crippen LogP contribution is 2.69. The quantitative estimate of drug-likeness (QED) is 0.417. The first-order valence-electron chi connectivity index (χ1n) is 11.0. The molecular formula is C24H30O6. The molecule has 9 atom stereocenters. The van der Waals surface area contributed by atoms with Gasteiger partial charge in [0.15, 0.2) is 0 Å². The number of carbonyl (C=O) groups excluding carboxylic acids is 2. The van der Waals surface area contributed by atoms with E-state index in [-0.39, 0.29) is 64.9 Å². The molecule has 4 fully saturated rings. The van der Waals surface area contributed by atoms with Crippen LogP contribution in [0.1, 0.15) is 58.6 Å². The Balaban J connectivity index is 1.52. The standard InChI is InChI=1S/C24H30O6/c1-5-6-13(2)21(25)28-18-11-15-19(20(29-22(15)26)14-9-10-27-12-14)16-7-8-17-24(4,30-17)23(16,18)3/h5-6,9-10,12-13,15-20H,7-8,11H2,1-4H3. The second-order valence-corrected chi connectivity index (χ2v) is 9.75. The third-order valence-electron chi connectivity index (χ3n) is 8.47. The van der Waals surface area contributed by atoms with Gasteiger partial charge in [0, 0.05) is 16.9 Å². The van der Waals surface area contributed by atoms with Gasteiger partial charge in [0.2, 0.25) is 0 Å². The molecule has 1 aromatic heterocycles. The zero-order valence-electron chi connectivity index (χ0n) is 18.0. The van der Waals surface area contributed by atoms with Crippen molar-refractivity contribution >= 4 is 11.9 Å². The van der Waals surface area contributed by atoms with Gasteiger partial charge < -0.3 is 18.6 Å². The highest BCUT2D eigenvalue weighted by atomic mass is 16.6. The fraction of sp³-hybridized carbons (Fsp3) is 0.667. The van der Waals surface area contributed by atoms with Crippen LogP contribution in [0.4, 0.5) is 0 Å². The second-order valence-electron chi connectivity index (χ2n) is 9.75. The van der Waals surface area contributed by atoms with Gasteiger partial charge in [-0.2, -0.15) is 0 Å². The smallest absolute Gasteiger partial charge is 0.312 e. The molecule has 0 spiro atoms. The van der Waals surface area contributed by atoms with Crippen LogP contribution in [0, 0.1) is 29.1 Å². The Morgan fingerprint density at radius 1 is 1.33 bits per heavy atom. The molecule has 6 heteroatoms. The Labute approximate surface area is 176 Å². The molecule has 6 nitrogen and oxygen atoms in total. The maximum atomic E-state index is 12.9. The van der Waals surface area contributed by atoms with Crippen LogP contribution in [-0.2, 0) is 23.8 Å². The molecule has 162 valence electrons. The van der Waals surface area contributed by atoms with Crippen molar-refractivity contribution in [3.8, 4) is 0 Å². The summed E-state index contributed by atoms with van der Waals surface area (Å²) >= 11 is 0. The van der Waals surface area contributed by atoms with Crippen molar-refractivity contribution in [2.45, 2.75) is 70.9 Å². The summed E-state index contributed by atoms with van der Waals surface area (Å²) in [5, 5.41) is 0. The molecule has 4 aliphatic rings. The minimum absolute atomic E-state index is 0.0324. The molecule has 2 aliphatic heterocycles. The first kappa shape index (κ1) is 19.9. The van der Waals surface area contributed by atoms with Crippen molar-refractivity contribution in [1.82, 2.24) is 0 Å². The van der Waals surface area contributed by atoms with E-state index in [4.69, 9.17) is 18.6 Å². The molecule has 1 aromatic rings. The van der Waals surface area contributed by atoms with Crippen LogP contribution in [0.3, 0.4) is 0 Å². The lowest BCUT2D eigenvalue weighted by Crippen LogP contribution is -2.61. The van der Waals surface area contributed by atoms with Crippen LogP contribution in [0.25, 0.3) is 0 Å². The van der Waals surface area contributed by atoms with Crippen LogP contribution < -0.4 is 0 Å². The van der Waals surface area contributed by atoms with Gasteiger partial charge in [-0.25, -0.2) is 0 Å². The van der Waals surface area contributed by atoms with E-state index in [1.165, 1.54) is 0 Å². The van der Waals surface area contributed by atoms with Gasteiger partial charge in [0.1, 0.15) is 17.8 Å². The number of rotatable bonds is 4. The Bertz CT molecular complexity index is 874. The molecule has 0 radical (unpaired) electrons. The largest absolute Gasteiger partial charge is 0.472 e. The average Bonchev–Trinajstić information content (AvgIpc) is 3.05. The van der Waals surface area contributed by atoms with Crippen LogP contribution in [0.2, 0.25) is 0 Å². The molecule has 2 saturated heterocycles.